The van der Waals surface area contributed by atoms with Crippen molar-refractivity contribution in [1.82, 2.24) is 20.4 Å². The number of aromatic nitrogens is 2. The SMILES string of the molecule is CNC(C(=O)NCC(OC)c1cccc(Cl)c1)c1cnn(C)c1.Cl. The Hall–Kier alpha value is -1.60. The summed E-state index contributed by atoms with van der Waals surface area (Å²) >= 11 is 6.00. The van der Waals surface area contributed by atoms with Crippen molar-refractivity contribution in [2.24, 2.45) is 7.05 Å². The lowest BCUT2D eigenvalue weighted by Crippen LogP contribution is -2.38. The van der Waals surface area contributed by atoms with Crippen molar-refractivity contribution < 1.29 is 9.53 Å². The first-order valence-electron chi connectivity index (χ1n) is 7.27. The summed E-state index contributed by atoms with van der Waals surface area (Å²) in [6.45, 7) is 0.355. The van der Waals surface area contributed by atoms with Crippen LogP contribution in [0.5, 0.6) is 0 Å². The molecule has 0 spiro atoms. The number of hydrogen-bond donors (Lipinski definition) is 2. The second kappa shape index (κ2) is 9.64. The number of ether oxygens (including phenoxy) is 1. The van der Waals surface area contributed by atoms with E-state index in [1.165, 1.54) is 0 Å². The molecule has 1 aromatic carbocycles. The van der Waals surface area contributed by atoms with Crippen LogP contribution in [0.4, 0.5) is 0 Å². The molecule has 2 rings (SSSR count). The van der Waals surface area contributed by atoms with Gasteiger partial charge in [0.2, 0.25) is 5.91 Å². The molecule has 0 bridgehead atoms. The van der Waals surface area contributed by atoms with E-state index in [0.29, 0.717) is 11.6 Å². The molecule has 1 heterocycles. The molecule has 0 aliphatic carbocycles. The highest BCUT2D eigenvalue weighted by Crippen LogP contribution is 2.20. The first-order valence-corrected chi connectivity index (χ1v) is 7.64. The van der Waals surface area contributed by atoms with Gasteiger partial charge in [0.25, 0.3) is 0 Å². The number of nitrogens with one attached hydrogen (secondary N) is 2. The molecule has 0 fully saturated rings. The summed E-state index contributed by atoms with van der Waals surface area (Å²) in [5.41, 5.74) is 1.73. The van der Waals surface area contributed by atoms with Gasteiger partial charge in [-0.2, -0.15) is 5.10 Å². The highest BCUT2D eigenvalue weighted by atomic mass is 35.5. The number of aryl methyl sites for hydroxylation is 1. The highest BCUT2D eigenvalue weighted by Gasteiger charge is 2.21. The molecule has 6 nitrogen and oxygen atoms in total. The molecule has 2 atom stereocenters. The number of amides is 1. The van der Waals surface area contributed by atoms with Crippen LogP contribution in [0, 0.1) is 0 Å². The molecule has 0 aliphatic rings. The number of carbonyl (C=O) groups is 1. The normalized spacial score (nSPS) is 13.0. The number of benzene rings is 1. The van der Waals surface area contributed by atoms with Crippen LogP contribution in [0.25, 0.3) is 0 Å². The highest BCUT2D eigenvalue weighted by molar-refractivity contribution is 6.30. The van der Waals surface area contributed by atoms with Crippen molar-refractivity contribution >= 4 is 29.9 Å². The van der Waals surface area contributed by atoms with E-state index in [9.17, 15) is 4.79 Å². The number of nitrogens with zero attached hydrogens (tertiary/aromatic N) is 2. The lowest BCUT2D eigenvalue weighted by molar-refractivity contribution is -0.123. The van der Waals surface area contributed by atoms with E-state index in [1.807, 2.05) is 31.4 Å². The second-order valence-electron chi connectivity index (χ2n) is 5.19. The Kier molecular flexibility index (Phi) is 8.21. The van der Waals surface area contributed by atoms with E-state index >= 15 is 0 Å². The van der Waals surface area contributed by atoms with Gasteiger partial charge in [-0.1, -0.05) is 23.7 Å². The Morgan fingerprint density at radius 2 is 2.17 bits per heavy atom. The maximum Gasteiger partial charge on any atom is 0.241 e. The summed E-state index contributed by atoms with van der Waals surface area (Å²) < 4.78 is 7.12. The fourth-order valence-electron chi connectivity index (χ4n) is 2.38. The molecule has 132 valence electrons. The molecule has 1 aromatic heterocycles. The van der Waals surface area contributed by atoms with Gasteiger partial charge in [-0.15, -0.1) is 12.4 Å². The number of rotatable bonds is 7. The summed E-state index contributed by atoms with van der Waals surface area (Å²) in [5.74, 6) is -0.135. The van der Waals surface area contributed by atoms with Crippen molar-refractivity contribution in [2.75, 3.05) is 20.7 Å². The third-order valence-electron chi connectivity index (χ3n) is 3.58. The van der Waals surface area contributed by atoms with Gasteiger partial charge < -0.3 is 15.4 Å². The van der Waals surface area contributed by atoms with Crippen molar-refractivity contribution in [1.29, 1.82) is 0 Å². The van der Waals surface area contributed by atoms with Crippen LogP contribution in [-0.2, 0) is 16.6 Å². The van der Waals surface area contributed by atoms with Gasteiger partial charge in [-0.25, -0.2) is 0 Å². The molecule has 0 saturated carbocycles. The monoisotopic (exact) mass is 372 g/mol. The summed E-state index contributed by atoms with van der Waals surface area (Å²) in [5, 5.41) is 10.6. The van der Waals surface area contributed by atoms with Crippen molar-refractivity contribution in [2.45, 2.75) is 12.1 Å². The van der Waals surface area contributed by atoms with Gasteiger partial charge in [-0.05, 0) is 24.7 Å². The topological polar surface area (TPSA) is 68.2 Å². The summed E-state index contributed by atoms with van der Waals surface area (Å²) in [4.78, 5) is 12.4. The third-order valence-corrected chi connectivity index (χ3v) is 3.81. The Balaban J connectivity index is 0.00000288. The first kappa shape index (κ1) is 20.4. The minimum atomic E-state index is -0.458. The number of carbonyl (C=O) groups excluding carboxylic acids is 1. The molecular weight excluding hydrogens is 351 g/mol. The van der Waals surface area contributed by atoms with E-state index in [-0.39, 0.29) is 24.4 Å². The molecule has 0 aliphatic heterocycles. The molecule has 2 N–H and O–H groups in total. The minimum absolute atomic E-state index is 0. The Morgan fingerprint density at radius 1 is 1.42 bits per heavy atom. The number of hydrogen-bond acceptors (Lipinski definition) is 4. The number of methoxy groups -OCH3 is 1. The van der Waals surface area contributed by atoms with Crippen molar-refractivity contribution in [3.8, 4) is 0 Å². The largest absolute Gasteiger partial charge is 0.375 e. The molecule has 1 amide bonds. The van der Waals surface area contributed by atoms with Gasteiger partial charge in [-0.3, -0.25) is 9.48 Å². The average Bonchev–Trinajstić information content (AvgIpc) is 2.95. The van der Waals surface area contributed by atoms with Gasteiger partial charge in [0, 0.05) is 37.5 Å². The fraction of sp³-hybridized carbons (Fsp3) is 0.375. The lowest BCUT2D eigenvalue weighted by atomic mass is 10.1. The summed E-state index contributed by atoms with van der Waals surface area (Å²) in [6, 6.07) is 6.95. The molecular formula is C16H22Cl2N4O2. The number of halogens is 2. The van der Waals surface area contributed by atoms with Crippen LogP contribution in [0.1, 0.15) is 23.3 Å². The van der Waals surface area contributed by atoms with Gasteiger partial charge in [0.1, 0.15) is 6.04 Å². The van der Waals surface area contributed by atoms with Crippen molar-refractivity contribution in [3.05, 3.63) is 52.8 Å². The van der Waals surface area contributed by atoms with E-state index in [1.54, 1.807) is 31.1 Å². The van der Waals surface area contributed by atoms with Crippen LogP contribution >= 0.6 is 24.0 Å². The third kappa shape index (κ3) is 5.21. The summed E-state index contributed by atoms with van der Waals surface area (Å²) in [7, 11) is 5.16. The Labute approximate surface area is 152 Å². The lowest BCUT2D eigenvalue weighted by Gasteiger charge is -2.19. The zero-order chi connectivity index (χ0) is 16.8. The van der Waals surface area contributed by atoms with Crippen LogP contribution in [0.3, 0.4) is 0 Å². The number of likely N-dealkylation sites (N-methyl/N-ethyl adjacent to an activating group) is 1. The van der Waals surface area contributed by atoms with Crippen LogP contribution in [0.2, 0.25) is 5.02 Å². The van der Waals surface area contributed by atoms with E-state index in [4.69, 9.17) is 16.3 Å². The van der Waals surface area contributed by atoms with Gasteiger partial charge >= 0.3 is 0 Å². The fourth-order valence-corrected chi connectivity index (χ4v) is 2.58. The van der Waals surface area contributed by atoms with E-state index < -0.39 is 6.04 Å². The Morgan fingerprint density at radius 3 is 2.71 bits per heavy atom. The molecule has 2 unspecified atom stereocenters. The quantitative estimate of drug-likeness (QED) is 0.781. The van der Waals surface area contributed by atoms with E-state index in [2.05, 4.69) is 15.7 Å². The maximum atomic E-state index is 12.4. The zero-order valence-corrected chi connectivity index (χ0v) is 15.4. The molecule has 0 radical (unpaired) electrons. The minimum Gasteiger partial charge on any atom is -0.375 e. The molecule has 8 heteroatoms. The molecule has 0 saturated heterocycles. The van der Waals surface area contributed by atoms with Gasteiger partial charge in [0.05, 0.1) is 12.3 Å². The standard InChI is InChI=1S/C16H21ClN4O2.ClH/c1-18-15(12-8-20-21(2)10-12)16(22)19-9-14(23-3)11-5-4-6-13(17)7-11;/h4-8,10,14-15,18H,9H2,1-3H3,(H,19,22);1H. The van der Waals surface area contributed by atoms with Crippen LogP contribution in [0.15, 0.2) is 36.7 Å². The molecule has 2 aromatic rings. The second-order valence-corrected chi connectivity index (χ2v) is 5.63. The van der Waals surface area contributed by atoms with Gasteiger partial charge in [0.15, 0.2) is 0 Å². The predicted octanol–water partition coefficient (Wildman–Crippen LogP) is 2.26. The zero-order valence-electron chi connectivity index (χ0n) is 13.8. The Bertz CT molecular complexity index is 663. The van der Waals surface area contributed by atoms with Crippen LogP contribution in [-0.4, -0.2) is 36.4 Å². The maximum absolute atomic E-state index is 12.4. The van der Waals surface area contributed by atoms with Crippen LogP contribution < -0.4 is 10.6 Å². The predicted molar refractivity (Wildman–Crippen MR) is 96.5 cm³/mol. The molecule has 24 heavy (non-hydrogen) atoms. The first-order chi connectivity index (χ1) is 11.0. The average molecular weight is 373 g/mol. The smallest absolute Gasteiger partial charge is 0.241 e. The van der Waals surface area contributed by atoms with Crippen molar-refractivity contribution in [3.63, 3.8) is 0 Å². The summed E-state index contributed by atoms with van der Waals surface area (Å²) in [6.07, 6.45) is 3.22. The van der Waals surface area contributed by atoms with E-state index in [0.717, 1.165) is 11.1 Å².